The maximum absolute atomic E-state index is 12.6. The van der Waals surface area contributed by atoms with Gasteiger partial charge in [0.15, 0.2) is 5.78 Å². The van der Waals surface area contributed by atoms with Crippen LogP contribution in [-0.4, -0.2) is 18.9 Å². The monoisotopic (exact) mass is 334 g/mol. The molecule has 0 saturated heterocycles. The fourth-order valence-corrected chi connectivity index (χ4v) is 5.25. The molecule has 3 atom stereocenters. The highest BCUT2D eigenvalue weighted by Gasteiger charge is 2.51. The van der Waals surface area contributed by atoms with Gasteiger partial charge in [-0.2, -0.15) is 0 Å². The number of Topliss-reactive ketones (excluding diaryl/α,β-unsaturated/α-hetero) is 1. The van der Waals surface area contributed by atoms with Crippen LogP contribution < -0.4 is 0 Å². The van der Waals surface area contributed by atoms with Gasteiger partial charge in [0.25, 0.3) is 0 Å². The summed E-state index contributed by atoms with van der Waals surface area (Å²) in [6.45, 7) is 11.2. The lowest BCUT2D eigenvalue weighted by Crippen LogP contribution is -2.47. The van der Waals surface area contributed by atoms with Gasteiger partial charge in [0.1, 0.15) is 0 Å². The third-order valence-corrected chi connectivity index (χ3v) is 6.81. The van der Waals surface area contributed by atoms with E-state index in [-0.39, 0.29) is 22.7 Å². The van der Waals surface area contributed by atoms with Gasteiger partial charge in [-0.3, -0.25) is 9.59 Å². The van der Waals surface area contributed by atoms with E-state index >= 15 is 0 Å². The Bertz CT molecular complexity index is 543. The second kappa shape index (κ2) is 7.01. The molecule has 0 radical (unpaired) electrons. The van der Waals surface area contributed by atoms with Crippen LogP contribution in [0.25, 0.3) is 0 Å². The second-order valence-corrected chi connectivity index (χ2v) is 8.97. The van der Waals surface area contributed by atoms with Crippen LogP contribution in [0.15, 0.2) is 11.1 Å². The van der Waals surface area contributed by atoms with Crippen molar-refractivity contribution in [2.45, 2.75) is 79.6 Å². The minimum atomic E-state index is -0.143. The molecule has 136 valence electrons. The molecule has 2 aliphatic rings. The summed E-state index contributed by atoms with van der Waals surface area (Å²) in [6, 6.07) is 0. The van der Waals surface area contributed by atoms with E-state index in [1.54, 1.807) is 0 Å². The summed E-state index contributed by atoms with van der Waals surface area (Å²) in [7, 11) is 1.44. The summed E-state index contributed by atoms with van der Waals surface area (Å²) in [5.41, 5.74) is 2.74. The van der Waals surface area contributed by atoms with Gasteiger partial charge in [-0.05, 0) is 60.8 Å². The van der Waals surface area contributed by atoms with E-state index in [0.29, 0.717) is 24.5 Å². The lowest BCUT2D eigenvalue weighted by molar-refractivity contribution is -0.141. The maximum Gasteiger partial charge on any atom is 0.305 e. The molecule has 3 nitrogen and oxygen atoms in total. The molecule has 1 fully saturated rings. The van der Waals surface area contributed by atoms with Gasteiger partial charge in [-0.25, -0.2) is 0 Å². The van der Waals surface area contributed by atoms with E-state index in [0.717, 1.165) is 18.4 Å². The Morgan fingerprint density at radius 1 is 1.29 bits per heavy atom. The van der Waals surface area contributed by atoms with Crippen molar-refractivity contribution in [2.24, 2.45) is 22.7 Å². The minimum absolute atomic E-state index is 0.143. The number of fused-ring (bicyclic) bond motifs is 1. The van der Waals surface area contributed by atoms with Gasteiger partial charge in [0, 0.05) is 12.8 Å². The van der Waals surface area contributed by atoms with Crippen molar-refractivity contribution in [3.8, 4) is 0 Å². The standard InChI is InChI=1S/C21H34O3/c1-14(12-19(23)24-6)8-9-16-15(2)17(22)13-18-20(3,4)10-7-11-21(16,18)5/h14,18H,7-13H2,1-6H3/t14-,18-,21-/m1/s1. The predicted molar refractivity (Wildman–Crippen MR) is 96.6 cm³/mol. The Hall–Kier alpha value is -1.12. The summed E-state index contributed by atoms with van der Waals surface area (Å²) in [5, 5.41) is 0. The molecule has 0 spiro atoms. The molecule has 1 saturated carbocycles. The smallest absolute Gasteiger partial charge is 0.305 e. The van der Waals surface area contributed by atoms with Crippen LogP contribution in [0.2, 0.25) is 0 Å². The zero-order valence-electron chi connectivity index (χ0n) is 16.3. The minimum Gasteiger partial charge on any atom is -0.469 e. The molecule has 0 unspecified atom stereocenters. The molecule has 0 aromatic heterocycles. The average molecular weight is 335 g/mol. The van der Waals surface area contributed by atoms with Crippen molar-refractivity contribution in [2.75, 3.05) is 7.11 Å². The number of ether oxygens (including phenoxy) is 1. The number of carbonyl (C=O) groups excluding carboxylic acids is 2. The van der Waals surface area contributed by atoms with E-state index in [1.807, 2.05) is 6.92 Å². The number of esters is 1. The molecule has 0 aliphatic heterocycles. The zero-order chi connectivity index (χ0) is 18.1. The molecular weight excluding hydrogens is 300 g/mol. The second-order valence-electron chi connectivity index (χ2n) is 8.97. The Kier molecular flexibility index (Phi) is 5.61. The van der Waals surface area contributed by atoms with Gasteiger partial charge in [0.2, 0.25) is 0 Å². The highest BCUT2D eigenvalue weighted by Crippen LogP contribution is 2.59. The first-order valence-electron chi connectivity index (χ1n) is 9.42. The number of hydrogen-bond acceptors (Lipinski definition) is 3. The van der Waals surface area contributed by atoms with Crippen molar-refractivity contribution in [1.29, 1.82) is 0 Å². The molecule has 2 rings (SSSR count). The van der Waals surface area contributed by atoms with E-state index < -0.39 is 0 Å². The molecule has 24 heavy (non-hydrogen) atoms. The quantitative estimate of drug-likeness (QED) is 0.658. The Morgan fingerprint density at radius 2 is 1.96 bits per heavy atom. The normalized spacial score (nSPS) is 30.8. The fourth-order valence-electron chi connectivity index (χ4n) is 5.25. The van der Waals surface area contributed by atoms with Crippen LogP contribution in [0, 0.1) is 22.7 Å². The first-order valence-corrected chi connectivity index (χ1v) is 9.42. The van der Waals surface area contributed by atoms with Gasteiger partial charge in [-0.15, -0.1) is 0 Å². The number of methoxy groups -OCH3 is 1. The summed E-state index contributed by atoms with van der Waals surface area (Å²) < 4.78 is 4.78. The molecule has 2 aliphatic carbocycles. The van der Waals surface area contributed by atoms with Crippen molar-refractivity contribution >= 4 is 11.8 Å². The van der Waals surface area contributed by atoms with Gasteiger partial charge in [0.05, 0.1) is 7.11 Å². The van der Waals surface area contributed by atoms with Crippen LogP contribution in [0.3, 0.4) is 0 Å². The third kappa shape index (κ3) is 3.60. The van der Waals surface area contributed by atoms with Crippen LogP contribution in [0.1, 0.15) is 79.6 Å². The summed E-state index contributed by atoms with van der Waals surface area (Å²) in [5.74, 6) is 0.924. The van der Waals surface area contributed by atoms with Crippen molar-refractivity contribution in [3.05, 3.63) is 11.1 Å². The molecule has 0 N–H and O–H groups in total. The molecule has 0 heterocycles. The van der Waals surface area contributed by atoms with Crippen molar-refractivity contribution < 1.29 is 14.3 Å². The Morgan fingerprint density at radius 3 is 2.58 bits per heavy atom. The number of allylic oxidation sites excluding steroid dienone is 2. The Labute approximate surface area is 147 Å². The van der Waals surface area contributed by atoms with E-state index in [4.69, 9.17) is 4.74 Å². The molecule has 0 bridgehead atoms. The van der Waals surface area contributed by atoms with Crippen molar-refractivity contribution in [1.82, 2.24) is 0 Å². The molecule has 0 amide bonds. The maximum atomic E-state index is 12.6. The summed E-state index contributed by atoms with van der Waals surface area (Å²) >= 11 is 0. The zero-order valence-corrected chi connectivity index (χ0v) is 16.3. The lowest BCUT2D eigenvalue weighted by atomic mass is 9.49. The van der Waals surface area contributed by atoms with Crippen LogP contribution in [-0.2, 0) is 14.3 Å². The molecule has 0 aromatic carbocycles. The van der Waals surface area contributed by atoms with Gasteiger partial charge < -0.3 is 4.74 Å². The first-order chi connectivity index (χ1) is 11.1. The number of rotatable bonds is 5. The molecule has 3 heteroatoms. The van der Waals surface area contributed by atoms with E-state index in [9.17, 15) is 9.59 Å². The predicted octanol–water partition coefficient (Wildman–Crippen LogP) is 5.09. The van der Waals surface area contributed by atoms with Gasteiger partial charge in [-0.1, -0.05) is 39.7 Å². The summed E-state index contributed by atoms with van der Waals surface area (Å²) in [6.07, 6.45) is 6.68. The molecule has 0 aromatic rings. The fraction of sp³-hybridized carbons (Fsp3) is 0.810. The SMILES string of the molecule is COC(=O)C[C@H](C)CCC1=C(C)C(=O)C[C@@H]2C(C)(C)CCC[C@]12C. The number of ketones is 1. The average Bonchev–Trinajstić information content (AvgIpc) is 2.49. The van der Waals surface area contributed by atoms with E-state index in [1.165, 1.54) is 31.9 Å². The van der Waals surface area contributed by atoms with E-state index in [2.05, 4.69) is 27.7 Å². The van der Waals surface area contributed by atoms with Crippen LogP contribution in [0.4, 0.5) is 0 Å². The third-order valence-electron chi connectivity index (χ3n) is 6.81. The van der Waals surface area contributed by atoms with Crippen molar-refractivity contribution in [3.63, 3.8) is 0 Å². The number of carbonyl (C=O) groups is 2. The molecular formula is C21H34O3. The first kappa shape index (κ1) is 19.2. The largest absolute Gasteiger partial charge is 0.469 e. The highest BCUT2D eigenvalue weighted by molar-refractivity contribution is 5.97. The van der Waals surface area contributed by atoms with Crippen LogP contribution >= 0.6 is 0 Å². The number of hydrogen-bond donors (Lipinski definition) is 0. The lowest BCUT2D eigenvalue weighted by Gasteiger charge is -2.54. The highest BCUT2D eigenvalue weighted by atomic mass is 16.5. The topological polar surface area (TPSA) is 43.4 Å². The Balaban J connectivity index is 2.21. The van der Waals surface area contributed by atoms with Crippen LogP contribution in [0.5, 0.6) is 0 Å². The summed E-state index contributed by atoms with van der Waals surface area (Å²) in [4.78, 5) is 24.1. The van der Waals surface area contributed by atoms with Gasteiger partial charge >= 0.3 is 5.97 Å².